The quantitative estimate of drug-likeness (QED) is 0.479. The fourth-order valence-electron chi connectivity index (χ4n) is 3.46. The van der Waals surface area contributed by atoms with Gasteiger partial charge in [-0.25, -0.2) is 0 Å². The van der Waals surface area contributed by atoms with E-state index >= 15 is 0 Å². The molecule has 0 aromatic heterocycles. The molecule has 0 aliphatic heterocycles. The standard InChI is InChI=1S/C24H26O3Se/c1-17-15-21(25-2)23(26-3)24(27-4)22(17)20(18-11-7-5-8-12-18)16-28-19-13-9-6-10-14-19/h5-15,20H,16H2,1-4H3. The monoisotopic (exact) mass is 442 g/mol. The molecular weight excluding hydrogens is 415 g/mol. The summed E-state index contributed by atoms with van der Waals surface area (Å²) in [6, 6.07) is 23.4. The number of aryl methyl sites for hydroxylation is 1. The zero-order chi connectivity index (χ0) is 19.9. The van der Waals surface area contributed by atoms with Crippen molar-refractivity contribution in [1.82, 2.24) is 0 Å². The zero-order valence-electron chi connectivity index (χ0n) is 16.8. The van der Waals surface area contributed by atoms with Gasteiger partial charge in [-0.1, -0.05) is 0 Å². The predicted molar refractivity (Wildman–Crippen MR) is 116 cm³/mol. The average molecular weight is 441 g/mol. The number of ether oxygens (including phenoxy) is 3. The van der Waals surface area contributed by atoms with Crippen molar-refractivity contribution in [3.05, 3.63) is 83.4 Å². The molecule has 3 aromatic rings. The van der Waals surface area contributed by atoms with E-state index in [2.05, 4.69) is 67.6 Å². The molecule has 1 atom stereocenters. The third-order valence-electron chi connectivity index (χ3n) is 4.79. The molecule has 0 radical (unpaired) electrons. The first-order valence-electron chi connectivity index (χ1n) is 9.21. The van der Waals surface area contributed by atoms with Crippen molar-refractivity contribution in [1.29, 1.82) is 0 Å². The predicted octanol–water partition coefficient (Wildman–Crippen LogP) is 4.60. The Morgan fingerprint density at radius 3 is 1.96 bits per heavy atom. The van der Waals surface area contributed by atoms with Gasteiger partial charge in [-0.2, -0.15) is 0 Å². The molecule has 146 valence electrons. The fourth-order valence-corrected chi connectivity index (χ4v) is 5.70. The second kappa shape index (κ2) is 9.68. The van der Waals surface area contributed by atoms with E-state index in [1.165, 1.54) is 15.6 Å². The molecule has 0 aliphatic rings. The van der Waals surface area contributed by atoms with Crippen LogP contribution in [0.3, 0.4) is 0 Å². The van der Waals surface area contributed by atoms with Gasteiger partial charge < -0.3 is 0 Å². The molecule has 0 fully saturated rings. The van der Waals surface area contributed by atoms with Gasteiger partial charge >= 0.3 is 174 Å². The van der Waals surface area contributed by atoms with E-state index in [9.17, 15) is 0 Å². The second-order valence-electron chi connectivity index (χ2n) is 6.46. The Bertz CT molecular complexity index is 895. The van der Waals surface area contributed by atoms with Crippen LogP contribution in [-0.4, -0.2) is 36.3 Å². The van der Waals surface area contributed by atoms with Crippen molar-refractivity contribution < 1.29 is 14.2 Å². The van der Waals surface area contributed by atoms with Crippen molar-refractivity contribution >= 4 is 19.4 Å². The molecule has 3 rings (SSSR count). The third kappa shape index (κ3) is 4.35. The van der Waals surface area contributed by atoms with Gasteiger partial charge in [0.25, 0.3) is 0 Å². The summed E-state index contributed by atoms with van der Waals surface area (Å²) in [6.07, 6.45) is 0. The molecule has 0 spiro atoms. The Balaban J connectivity index is 2.09. The van der Waals surface area contributed by atoms with Crippen molar-refractivity contribution in [2.24, 2.45) is 0 Å². The molecule has 3 nitrogen and oxygen atoms in total. The van der Waals surface area contributed by atoms with Crippen LogP contribution in [0.25, 0.3) is 0 Å². The zero-order valence-corrected chi connectivity index (χ0v) is 18.5. The number of benzene rings is 3. The first-order chi connectivity index (χ1) is 13.7. The summed E-state index contributed by atoms with van der Waals surface area (Å²) < 4.78 is 18.4. The normalized spacial score (nSPS) is 11.7. The van der Waals surface area contributed by atoms with E-state index in [1.807, 2.05) is 6.07 Å². The van der Waals surface area contributed by atoms with Crippen LogP contribution in [0.4, 0.5) is 0 Å². The molecule has 3 aromatic carbocycles. The van der Waals surface area contributed by atoms with Crippen LogP contribution in [0.5, 0.6) is 17.2 Å². The molecule has 0 saturated heterocycles. The van der Waals surface area contributed by atoms with Gasteiger partial charge in [0, 0.05) is 0 Å². The van der Waals surface area contributed by atoms with Crippen LogP contribution >= 0.6 is 0 Å². The molecule has 0 bridgehead atoms. The Kier molecular flexibility index (Phi) is 7.02. The second-order valence-corrected chi connectivity index (χ2v) is 8.76. The van der Waals surface area contributed by atoms with Crippen molar-refractivity contribution in [2.45, 2.75) is 18.2 Å². The van der Waals surface area contributed by atoms with E-state index in [-0.39, 0.29) is 5.92 Å². The Morgan fingerprint density at radius 2 is 1.39 bits per heavy atom. The molecule has 0 heterocycles. The molecule has 28 heavy (non-hydrogen) atoms. The molecule has 0 amide bonds. The first kappa shape index (κ1) is 20.3. The number of methoxy groups -OCH3 is 3. The van der Waals surface area contributed by atoms with Crippen LogP contribution in [0, 0.1) is 6.92 Å². The Morgan fingerprint density at radius 1 is 0.786 bits per heavy atom. The molecule has 1 unspecified atom stereocenters. The first-order valence-corrected chi connectivity index (χ1v) is 11.3. The topological polar surface area (TPSA) is 27.7 Å². The summed E-state index contributed by atoms with van der Waals surface area (Å²) in [6.45, 7) is 2.12. The molecule has 0 saturated carbocycles. The van der Waals surface area contributed by atoms with Crippen LogP contribution in [0.15, 0.2) is 66.7 Å². The molecule has 0 N–H and O–H groups in total. The van der Waals surface area contributed by atoms with Crippen molar-refractivity contribution in [3.8, 4) is 17.2 Å². The van der Waals surface area contributed by atoms with Crippen LogP contribution in [-0.2, 0) is 0 Å². The van der Waals surface area contributed by atoms with Gasteiger partial charge in [-0.05, 0) is 0 Å². The molecular formula is C24H26O3Se. The van der Waals surface area contributed by atoms with Gasteiger partial charge in [-0.3, -0.25) is 0 Å². The molecule has 0 aliphatic carbocycles. The summed E-state index contributed by atoms with van der Waals surface area (Å²) in [4.78, 5) is 0. The van der Waals surface area contributed by atoms with E-state index in [0.717, 1.165) is 16.6 Å². The fraction of sp³-hybridized carbons (Fsp3) is 0.250. The average Bonchev–Trinajstić information content (AvgIpc) is 2.75. The minimum atomic E-state index is 0.219. The number of hydrogen-bond donors (Lipinski definition) is 0. The van der Waals surface area contributed by atoms with Crippen LogP contribution in [0.1, 0.15) is 22.6 Å². The molecule has 4 heteroatoms. The summed E-state index contributed by atoms with van der Waals surface area (Å²) >= 11 is 0.340. The number of rotatable bonds is 8. The maximum atomic E-state index is 5.85. The van der Waals surface area contributed by atoms with Gasteiger partial charge in [0.05, 0.1) is 0 Å². The van der Waals surface area contributed by atoms with E-state index < -0.39 is 0 Å². The van der Waals surface area contributed by atoms with E-state index in [0.29, 0.717) is 26.5 Å². The van der Waals surface area contributed by atoms with Gasteiger partial charge in [0.1, 0.15) is 0 Å². The Hall–Kier alpha value is -2.42. The van der Waals surface area contributed by atoms with Gasteiger partial charge in [0.15, 0.2) is 0 Å². The summed E-state index contributed by atoms with van der Waals surface area (Å²) in [5, 5.41) is 1.04. The van der Waals surface area contributed by atoms with Crippen LogP contribution in [0.2, 0.25) is 5.32 Å². The SMILES string of the molecule is COc1cc(C)c(C(C[Se]c2ccccc2)c2ccccc2)c(OC)c1OC. The Labute approximate surface area is 173 Å². The van der Waals surface area contributed by atoms with E-state index in [1.54, 1.807) is 21.3 Å². The van der Waals surface area contributed by atoms with Crippen molar-refractivity contribution in [2.75, 3.05) is 21.3 Å². The third-order valence-corrected chi connectivity index (χ3v) is 7.10. The summed E-state index contributed by atoms with van der Waals surface area (Å²) in [5.41, 5.74) is 3.60. The van der Waals surface area contributed by atoms with Crippen molar-refractivity contribution in [3.63, 3.8) is 0 Å². The minimum absolute atomic E-state index is 0.219. The van der Waals surface area contributed by atoms with Crippen LogP contribution < -0.4 is 18.7 Å². The maximum absolute atomic E-state index is 5.85. The van der Waals surface area contributed by atoms with E-state index in [4.69, 9.17) is 14.2 Å². The van der Waals surface area contributed by atoms with Gasteiger partial charge in [-0.15, -0.1) is 0 Å². The number of hydrogen-bond acceptors (Lipinski definition) is 3. The van der Waals surface area contributed by atoms with Gasteiger partial charge in [0.2, 0.25) is 0 Å². The summed E-state index contributed by atoms with van der Waals surface area (Å²) in [5.74, 6) is 2.33. The summed E-state index contributed by atoms with van der Waals surface area (Å²) in [7, 11) is 5.01.